The van der Waals surface area contributed by atoms with Crippen molar-refractivity contribution in [2.24, 2.45) is 0 Å². The van der Waals surface area contributed by atoms with E-state index in [1.807, 2.05) is 30.3 Å². The summed E-state index contributed by atoms with van der Waals surface area (Å²) in [5.74, 6) is -0.531. The summed E-state index contributed by atoms with van der Waals surface area (Å²) in [5, 5.41) is 30.8. The molecule has 0 aromatic heterocycles. The first-order valence-corrected chi connectivity index (χ1v) is 8.45. The van der Waals surface area contributed by atoms with E-state index in [0.717, 1.165) is 5.56 Å². The molecule has 4 unspecified atom stereocenters. The maximum Gasteiger partial charge on any atom is 0.330 e. The summed E-state index contributed by atoms with van der Waals surface area (Å²) in [4.78, 5) is 11.7. The van der Waals surface area contributed by atoms with E-state index in [-0.39, 0.29) is 6.42 Å². The highest BCUT2D eigenvalue weighted by Gasteiger charge is 2.46. The largest absolute Gasteiger partial charge is 0.466 e. The maximum absolute atomic E-state index is 11.7. The fourth-order valence-electron chi connectivity index (χ4n) is 3.13. The second kappa shape index (κ2) is 9.25. The number of ether oxygens (including phenoxy) is 3. The van der Waals surface area contributed by atoms with Crippen molar-refractivity contribution in [1.82, 2.24) is 0 Å². The molecule has 0 radical (unpaired) electrons. The number of aliphatic hydroxyl groups is 3. The van der Waals surface area contributed by atoms with Gasteiger partial charge in [-0.05, 0) is 18.1 Å². The summed E-state index contributed by atoms with van der Waals surface area (Å²) in [6.07, 6.45) is -4.38. The lowest BCUT2D eigenvalue weighted by molar-refractivity contribution is -0.245. The quantitative estimate of drug-likeness (QED) is 0.498. The Morgan fingerprint density at radius 2 is 1.88 bits per heavy atom. The van der Waals surface area contributed by atoms with Gasteiger partial charge in [0.25, 0.3) is 0 Å². The molecule has 2 rings (SSSR count). The van der Waals surface area contributed by atoms with Gasteiger partial charge < -0.3 is 29.5 Å². The molecule has 26 heavy (non-hydrogen) atoms. The van der Waals surface area contributed by atoms with Gasteiger partial charge >= 0.3 is 5.97 Å². The smallest absolute Gasteiger partial charge is 0.330 e. The van der Waals surface area contributed by atoms with Gasteiger partial charge in [0, 0.05) is 19.6 Å². The van der Waals surface area contributed by atoms with Gasteiger partial charge in [0.15, 0.2) is 0 Å². The van der Waals surface area contributed by atoms with Gasteiger partial charge in [0.2, 0.25) is 0 Å². The average Bonchev–Trinajstić information content (AvgIpc) is 2.64. The number of rotatable bonds is 6. The van der Waals surface area contributed by atoms with Gasteiger partial charge in [0.1, 0.15) is 24.4 Å². The highest BCUT2D eigenvalue weighted by molar-refractivity contribution is 5.91. The third-order valence-electron chi connectivity index (χ3n) is 4.53. The summed E-state index contributed by atoms with van der Waals surface area (Å²) in [6, 6.07) is 9.15. The fraction of sp³-hybridized carbons (Fsp3) is 0.526. The van der Waals surface area contributed by atoms with Crippen molar-refractivity contribution >= 4 is 11.5 Å². The number of hydrogen-bond donors (Lipinski definition) is 3. The Morgan fingerprint density at radius 1 is 1.23 bits per heavy atom. The van der Waals surface area contributed by atoms with Gasteiger partial charge in [-0.1, -0.05) is 30.3 Å². The molecule has 0 saturated carbocycles. The molecule has 0 bridgehead atoms. The zero-order chi connectivity index (χ0) is 19.3. The van der Waals surface area contributed by atoms with Crippen LogP contribution in [0.5, 0.6) is 0 Å². The molecule has 144 valence electrons. The van der Waals surface area contributed by atoms with Gasteiger partial charge in [-0.25, -0.2) is 4.79 Å². The van der Waals surface area contributed by atoms with Gasteiger partial charge in [-0.2, -0.15) is 0 Å². The molecule has 6 atom stereocenters. The lowest BCUT2D eigenvalue weighted by Gasteiger charge is -2.43. The Hall–Kier alpha value is -1.77. The molecule has 1 saturated heterocycles. The summed E-state index contributed by atoms with van der Waals surface area (Å²) < 4.78 is 15.7. The van der Waals surface area contributed by atoms with E-state index in [0.29, 0.717) is 5.57 Å². The molecule has 1 aliphatic rings. The maximum atomic E-state index is 11.7. The second-order valence-electron chi connectivity index (χ2n) is 6.32. The van der Waals surface area contributed by atoms with E-state index in [9.17, 15) is 20.1 Å². The van der Waals surface area contributed by atoms with E-state index in [1.54, 1.807) is 0 Å². The highest BCUT2D eigenvalue weighted by atomic mass is 16.6. The summed E-state index contributed by atoms with van der Waals surface area (Å²) in [6.45, 7) is 1.53. The second-order valence-corrected chi connectivity index (χ2v) is 6.32. The molecule has 7 nitrogen and oxygen atoms in total. The number of methoxy groups -OCH3 is 2. The Bertz CT molecular complexity index is 614. The Kier molecular flexibility index (Phi) is 7.31. The van der Waals surface area contributed by atoms with Gasteiger partial charge in [0.05, 0.1) is 19.3 Å². The molecule has 7 heteroatoms. The predicted molar refractivity (Wildman–Crippen MR) is 94.2 cm³/mol. The number of benzene rings is 1. The van der Waals surface area contributed by atoms with Crippen LogP contribution in [0.4, 0.5) is 0 Å². The molecule has 0 spiro atoms. The van der Waals surface area contributed by atoms with E-state index >= 15 is 0 Å². The minimum Gasteiger partial charge on any atom is -0.466 e. The molecule has 0 aliphatic carbocycles. The van der Waals surface area contributed by atoms with Crippen molar-refractivity contribution in [3.05, 3.63) is 42.0 Å². The zero-order valence-electron chi connectivity index (χ0n) is 15.1. The molecule has 0 amide bonds. The first-order valence-electron chi connectivity index (χ1n) is 8.45. The van der Waals surface area contributed by atoms with Crippen molar-refractivity contribution in [2.75, 3.05) is 14.2 Å². The van der Waals surface area contributed by atoms with Crippen molar-refractivity contribution in [3.8, 4) is 0 Å². The molecule has 1 heterocycles. The van der Waals surface area contributed by atoms with E-state index in [1.165, 1.54) is 27.2 Å². The summed E-state index contributed by atoms with van der Waals surface area (Å²) in [7, 11) is 2.66. The molecule has 1 aliphatic heterocycles. The molecule has 3 N–H and O–H groups in total. The SMILES string of the molecule is COC(=O)/C=C(\C[C@@H]1OC(C(C)O)[C@H](OC)C(O)C1O)c1ccccc1. The third kappa shape index (κ3) is 4.69. The monoisotopic (exact) mass is 366 g/mol. The summed E-state index contributed by atoms with van der Waals surface area (Å²) in [5.41, 5.74) is 1.36. The van der Waals surface area contributed by atoms with Crippen LogP contribution in [0.3, 0.4) is 0 Å². The standard InChI is InChI=1S/C19H26O7/c1-11(20)18-19(25-3)17(23)16(22)14(26-18)9-13(10-15(21)24-2)12-7-5-4-6-8-12/h4-8,10-11,14,16-20,22-23H,9H2,1-3H3/b13-10+/t11?,14-,16?,17?,18?,19+/m0/s1. The van der Waals surface area contributed by atoms with Crippen LogP contribution in [-0.2, 0) is 19.0 Å². The van der Waals surface area contributed by atoms with Crippen molar-refractivity contribution < 1.29 is 34.3 Å². The Labute approximate surface area is 152 Å². The normalized spacial score (nSPS) is 30.7. The van der Waals surface area contributed by atoms with E-state index < -0.39 is 42.6 Å². The fourth-order valence-corrected chi connectivity index (χ4v) is 3.13. The van der Waals surface area contributed by atoms with Crippen LogP contribution in [0.15, 0.2) is 36.4 Å². The van der Waals surface area contributed by atoms with E-state index in [4.69, 9.17) is 14.2 Å². The molecular formula is C19H26O7. The Balaban J connectivity index is 2.29. The number of esters is 1. The topological polar surface area (TPSA) is 105 Å². The first kappa shape index (κ1) is 20.5. The lowest BCUT2D eigenvalue weighted by Crippen LogP contribution is -2.60. The van der Waals surface area contributed by atoms with Crippen LogP contribution in [0.1, 0.15) is 18.9 Å². The number of carbonyl (C=O) groups excluding carboxylic acids is 1. The number of hydrogen-bond acceptors (Lipinski definition) is 7. The average molecular weight is 366 g/mol. The Morgan fingerprint density at radius 3 is 2.42 bits per heavy atom. The minimum absolute atomic E-state index is 0.150. The van der Waals surface area contributed by atoms with Crippen LogP contribution in [-0.4, -0.2) is 72.1 Å². The molecule has 1 aromatic rings. The minimum atomic E-state index is -1.24. The summed E-state index contributed by atoms with van der Waals surface area (Å²) >= 11 is 0. The number of carbonyl (C=O) groups is 1. The highest BCUT2D eigenvalue weighted by Crippen LogP contribution is 2.31. The van der Waals surface area contributed by atoms with Crippen LogP contribution < -0.4 is 0 Å². The molecule has 1 fully saturated rings. The van der Waals surface area contributed by atoms with Crippen molar-refractivity contribution in [3.63, 3.8) is 0 Å². The van der Waals surface area contributed by atoms with E-state index in [2.05, 4.69) is 0 Å². The zero-order valence-corrected chi connectivity index (χ0v) is 15.1. The van der Waals surface area contributed by atoms with Crippen molar-refractivity contribution in [2.45, 2.75) is 50.0 Å². The van der Waals surface area contributed by atoms with Crippen LogP contribution in [0.2, 0.25) is 0 Å². The molecular weight excluding hydrogens is 340 g/mol. The predicted octanol–water partition coefficient (Wildman–Crippen LogP) is 0.518. The van der Waals surface area contributed by atoms with Crippen LogP contribution in [0, 0.1) is 0 Å². The van der Waals surface area contributed by atoms with Crippen molar-refractivity contribution in [1.29, 1.82) is 0 Å². The number of aliphatic hydroxyl groups excluding tert-OH is 3. The lowest BCUT2D eigenvalue weighted by atomic mass is 9.88. The van der Waals surface area contributed by atoms with Gasteiger partial charge in [-0.15, -0.1) is 0 Å². The van der Waals surface area contributed by atoms with Crippen LogP contribution in [0.25, 0.3) is 5.57 Å². The molecule has 1 aromatic carbocycles. The first-order chi connectivity index (χ1) is 12.4. The third-order valence-corrected chi connectivity index (χ3v) is 4.53. The van der Waals surface area contributed by atoms with Crippen LogP contribution >= 0.6 is 0 Å². The van der Waals surface area contributed by atoms with Gasteiger partial charge in [-0.3, -0.25) is 0 Å².